The van der Waals surface area contributed by atoms with Crippen LogP contribution in [0.2, 0.25) is 0 Å². The Morgan fingerprint density at radius 3 is 2.59 bits per heavy atom. The minimum atomic E-state index is 0.256. The zero-order valence-electron chi connectivity index (χ0n) is 17.8. The number of aromatic nitrogens is 1. The number of nitrogens with zero attached hydrogens (tertiary/aromatic N) is 1. The molecule has 154 valence electrons. The summed E-state index contributed by atoms with van der Waals surface area (Å²) in [7, 11) is 0. The van der Waals surface area contributed by atoms with E-state index >= 15 is 0 Å². The van der Waals surface area contributed by atoms with Crippen LogP contribution in [0.15, 0.2) is 97.1 Å². The lowest BCUT2D eigenvalue weighted by Gasteiger charge is -2.27. The highest BCUT2D eigenvalue weighted by Crippen LogP contribution is 2.51. The van der Waals surface area contributed by atoms with Gasteiger partial charge in [0.05, 0.1) is 17.3 Å². The lowest BCUT2D eigenvalue weighted by molar-refractivity contribution is 0.687. The zero-order valence-corrected chi connectivity index (χ0v) is 17.8. The fraction of sp³-hybridized carbons (Fsp3) is 0.133. The van der Waals surface area contributed by atoms with Crippen molar-refractivity contribution >= 4 is 33.9 Å². The van der Waals surface area contributed by atoms with Gasteiger partial charge in [-0.25, -0.2) is 0 Å². The molecule has 1 N–H and O–H groups in total. The molecule has 32 heavy (non-hydrogen) atoms. The molecule has 0 saturated heterocycles. The molecule has 2 heteroatoms. The summed E-state index contributed by atoms with van der Waals surface area (Å²) >= 11 is 0. The molecule has 4 aromatic rings. The third kappa shape index (κ3) is 2.53. The first kappa shape index (κ1) is 17.9. The standard InChI is InChI=1S/C30H24N2/c1-2-9-20(10-3-1)21-11-8-12-22(19-21)32-28-16-7-5-14-24(28)26-18-17-25-23-13-4-6-15-27(23)31-29(25)30(26)32/h1-7,9-11,13-19,25,29,31H,8,12H2. The Balaban J connectivity index is 1.44. The van der Waals surface area contributed by atoms with E-state index < -0.39 is 0 Å². The van der Waals surface area contributed by atoms with E-state index in [-0.39, 0.29) is 6.04 Å². The lowest BCUT2D eigenvalue weighted by atomic mass is 9.86. The van der Waals surface area contributed by atoms with Gasteiger partial charge in [-0.05, 0) is 47.8 Å². The number of rotatable bonds is 2. The smallest absolute Gasteiger partial charge is 0.0779 e. The Kier molecular flexibility index (Phi) is 3.83. The number of hydrogen-bond donors (Lipinski definition) is 1. The summed E-state index contributed by atoms with van der Waals surface area (Å²) in [4.78, 5) is 0. The monoisotopic (exact) mass is 412 g/mol. The summed E-state index contributed by atoms with van der Waals surface area (Å²) < 4.78 is 2.56. The highest BCUT2D eigenvalue weighted by atomic mass is 15.1. The van der Waals surface area contributed by atoms with Crippen LogP contribution < -0.4 is 5.32 Å². The Hall–Kier alpha value is -3.78. The molecule has 1 aromatic heterocycles. The van der Waals surface area contributed by atoms with Gasteiger partial charge in [0, 0.05) is 28.3 Å². The first-order chi connectivity index (χ1) is 15.9. The number of nitrogens with one attached hydrogen (secondary N) is 1. The molecule has 0 amide bonds. The average Bonchev–Trinajstić information content (AvgIpc) is 3.41. The second-order valence-corrected chi connectivity index (χ2v) is 8.95. The van der Waals surface area contributed by atoms with Gasteiger partial charge in [-0.1, -0.05) is 85.0 Å². The molecule has 7 rings (SSSR count). The second kappa shape index (κ2) is 6.86. The molecule has 0 radical (unpaired) electrons. The van der Waals surface area contributed by atoms with Crippen molar-refractivity contribution < 1.29 is 0 Å². The maximum absolute atomic E-state index is 3.86. The Bertz CT molecular complexity index is 1450. The van der Waals surface area contributed by atoms with Crippen molar-refractivity contribution in [1.29, 1.82) is 0 Å². The van der Waals surface area contributed by atoms with E-state index in [1.165, 1.54) is 50.2 Å². The highest BCUT2D eigenvalue weighted by Gasteiger charge is 2.38. The summed E-state index contributed by atoms with van der Waals surface area (Å²) in [6.07, 6.45) is 11.7. The third-order valence-corrected chi connectivity index (χ3v) is 7.19. The molecular weight excluding hydrogens is 388 g/mol. The van der Waals surface area contributed by atoms with Crippen LogP contribution in [0.3, 0.4) is 0 Å². The second-order valence-electron chi connectivity index (χ2n) is 8.95. The van der Waals surface area contributed by atoms with Crippen LogP contribution in [0.5, 0.6) is 0 Å². The van der Waals surface area contributed by atoms with Crippen LogP contribution in [0, 0.1) is 0 Å². The van der Waals surface area contributed by atoms with Gasteiger partial charge in [0.1, 0.15) is 0 Å². The first-order valence-corrected chi connectivity index (χ1v) is 11.5. The molecule has 3 aromatic carbocycles. The minimum Gasteiger partial charge on any atom is -0.376 e. The number of fused-ring (bicyclic) bond motifs is 7. The van der Waals surface area contributed by atoms with Crippen molar-refractivity contribution in [3.8, 4) is 0 Å². The number of anilines is 1. The van der Waals surface area contributed by atoms with Gasteiger partial charge in [-0.3, -0.25) is 0 Å². The van der Waals surface area contributed by atoms with E-state index in [1.807, 2.05) is 0 Å². The van der Waals surface area contributed by atoms with Crippen molar-refractivity contribution in [2.24, 2.45) is 0 Å². The van der Waals surface area contributed by atoms with Gasteiger partial charge in [0.2, 0.25) is 0 Å². The van der Waals surface area contributed by atoms with Crippen LogP contribution in [0.25, 0.3) is 28.2 Å². The van der Waals surface area contributed by atoms with Crippen molar-refractivity contribution in [3.05, 3.63) is 119 Å². The van der Waals surface area contributed by atoms with Crippen LogP contribution in [0.4, 0.5) is 5.69 Å². The average molecular weight is 413 g/mol. The summed E-state index contributed by atoms with van der Waals surface area (Å²) in [6, 6.07) is 28.7. The lowest BCUT2D eigenvalue weighted by Crippen LogP contribution is -2.19. The Labute approximate surface area is 188 Å². The summed E-state index contributed by atoms with van der Waals surface area (Å²) in [5, 5.41) is 5.20. The Morgan fingerprint density at radius 1 is 0.844 bits per heavy atom. The van der Waals surface area contributed by atoms with Gasteiger partial charge >= 0.3 is 0 Å². The van der Waals surface area contributed by atoms with E-state index in [0.29, 0.717) is 5.92 Å². The Morgan fingerprint density at radius 2 is 1.66 bits per heavy atom. The minimum absolute atomic E-state index is 0.256. The molecule has 2 unspecified atom stereocenters. The maximum Gasteiger partial charge on any atom is 0.0779 e. The summed E-state index contributed by atoms with van der Waals surface area (Å²) in [5.74, 6) is 0.370. The van der Waals surface area contributed by atoms with Gasteiger partial charge in [0.25, 0.3) is 0 Å². The van der Waals surface area contributed by atoms with Crippen molar-refractivity contribution in [2.45, 2.75) is 24.8 Å². The van der Waals surface area contributed by atoms with Crippen LogP contribution in [0.1, 0.15) is 47.2 Å². The molecule has 0 saturated carbocycles. The number of allylic oxidation sites excluding steroid dienone is 4. The normalized spacial score (nSPS) is 20.8. The first-order valence-electron chi connectivity index (χ1n) is 11.5. The van der Waals surface area contributed by atoms with Crippen molar-refractivity contribution in [2.75, 3.05) is 5.32 Å². The fourth-order valence-electron chi connectivity index (χ4n) is 5.78. The van der Waals surface area contributed by atoms with E-state index in [1.54, 1.807) is 0 Å². The van der Waals surface area contributed by atoms with Crippen LogP contribution >= 0.6 is 0 Å². The quantitative estimate of drug-likeness (QED) is 0.358. The topological polar surface area (TPSA) is 17.0 Å². The highest BCUT2D eigenvalue weighted by molar-refractivity contribution is 5.96. The molecule has 2 nitrogen and oxygen atoms in total. The molecule has 2 aliphatic carbocycles. The van der Waals surface area contributed by atoms with Gasteiger partial charge in [-0.2, -0.15) is 0 Å². The SMILES string of the molecule is C1=CC2c3ccccc3NC2c2c1c1ccccc1n2C1=CC(c2ccccc2)=CCC1. The van der Waals surface area contributed by atoms with E-state index in [4.69, 9.17) is 0 Å². The molecule has 1 aliphatic heterocycles. The number of para-hydroxylation sites is 2. The van der Waals surface area contributed by atoms with Crippen molar-refractivity contribution in [1.82, 2.24) is 4.57 Å². The van der Waals surface area contributed by atoms with E-state index in [0.717, 1.165) is 12.8 Å². The fourth-order valence-corrected chi connectivity index (χ4v) is 5.78. The van der Waals surface area contributed by atoms with E-state index in [2.05, 4.69) is 113 Å². The molecule has 3 aliphatic rings. The van der Waals surface area contributed by atoms with Crippen molar-refractivity contribution in [3.63, 3.8) is 0 Å². The molecule has 2 atom stereocenters. The largest absolute Gasteiger partial charge is 0.376 e. The summed E-state index contributed by atoms with van der Waals surface area (Å²) in [6.45, 7) is 0. The maximum atomic E-state index is 3.86. The van der Waals surface area contributed by atoms with Gasteiger partial charge < -0.3 is 9.88 Å². The van der Waals surface area contributed by atoms with Crippen LogP contribution in [-0.4, -0.2) is 4.57 Å². The zero-order chi connectivity index (χ0) is 21.1. The predicted octanol–water partition coefficient (Wildman–Crippen LogP) is 7.64. The van der Waals surface area contributed by atoms with E-state index in [9.17, 15) is 0 Å². The molecule has 0 fully saturated rings. The molecular formula is C30H24N2. The number of benzene rings is 3. The summed E-state index contributed by atoms with van der Waals surface area (Å²) in [5.41, 5.74) is 10.7. The van der Waals surface area contributed by atoms with Gasteiger partial charge in [-0.15, -0.1) is 0 Å². The molecule has 2 heterocycles. The van der Waals surface area contributed by atoms with Gasteiger partial charge in [0.15, 0.2) is 0 Å². The molecule has 0 bridgehead atoms. The molecule has 0 spiro atoms. The third-order valence-electron chi connectivity index (χ3n) is 7.19. The predicted molar refractivity (Wildman–Crippen MR) is 134 cm³/mol. The van der Waals surface area contributed by atoms with Crippen LogP contribution in [-0.2, 0) is 0 Å². The number of hydrogen-bond acceptors (Lipinski definition) is 1.